The molecule has 0 spiro atoms. The highest BCUT2D eigenvalue weighted by Crippen LogP contribution is 2.28. The van der Waals surface area contributed by atoms with Crippen LogP contribution in [0.5, 0.6) is 5.75 Å². The summed E-state index contributed by atoms with van der Waals surface area (Å²) >= 11 is 6.16. The Labute approximate surface area is 154 Å². The number of hydrogen-bond donors (Lipinski definition) is 2. The smallest absolute Gasteiger partial charge is 0.239 e. The first kappa shape index (κ1) is 17.9. The van der Waals surface area contributed by atoms with E-state index in [0.717, 1.165) is 0 Å². The van der Waals surface area contributed by atoms with Crippen molar-refractivity contribution in [1.82, 2.24) is 25.3 Å². The quantitative estimate of drug-likeness (QED) is 0.650. The predicted octanol–water partition coefficient (Wildman–Crippen LogP) is 2.87. The molecule has 9 nitrogen and oxygen atoms in total. The van der Waals surface area contributed by atoms with E-state index in [0.29, 0.717) is 40.4 Å². The Morgan fingerprint density at radius 1 is 1.42 bits per heavy atom. The molecule has 0 atom stereocenters. The van der Waals surface area contributed by atoms with Gasteiger partial charge in [-0.25, -0.2) is 4.98 Å². The number of amides is 1. The van der Waals surface area contributed by atoms with Crippen LogP contribution in [0.2, 0.25) is 5.02 Å². The molecule has 3 rings (SSSR count). The van der Waals surface area contributed by atoms with Crippen molar-refractivity contribution in [1.29, 1.82) is 0 Å². The lowest BCUT2D eigenvalue weighted by atomic mass is 10.2. The number of anilines is 1. The van der Waals surface area contributed by atoms with Gasteiger partial charge in [-0.2, -0.15) is 10.1 Å². The molecule has 26 heavy (non-hydrogen) atoms. The average Bonchev–Trinajstić information content (AvgIpc) is 3.26. The van der Waals surface area contributed by atoms with Crippen LogP contribution in [0.4, 0.5) is 5.69 Å². The Bertz CT molecular complexity index is 878. The molecule has 2 aromatic heterocycles. The van der Waals surface area contributed by atoms with E-state index in [1.54, 1.807) is 18.2 Å². The Balaban J connectivity index is 1.53. The van der Waals surface area contributed by atoms with Crippen molar-refractivity contribution in [2.24, 2.45) is 0 Å². The van der Waals surface area contributed by atoms with E-state index >= 15 is 0 Å². The fourth-order valence-corrected chi connectivity index (χ4v) is 2.36. The summed E-state index contributed by atoms with van der Waals surface area (Å²) in [6.07, 6.45) is 1.85. The minimum atomic E-state index is -0.196. The molecular formula is C16H17ClN6O3. The van der Waals surface area contributed by atoms with Gasteiger partial charge in [-0.1, -0.05) is 16.8 Å². The molecule has 10 heteroatoms. The van der Waals surface area contributed by atoms with Gasteiger partial charge >= 0.3 is 0 Å². The summed E-state index contributed by atoms with van der Waals surface area (Å²) in [6.45, 7) is 3.83. The number of hydrogen-bond acceptors (Lipinski definition) is 7. The van der Waals surface area contributed by atoms with E-state index < -0.39 is 0 Å². The zero-order valence-corrected chi connectivity index (χ0v) is 14.9. The Morgan fingerprint density at radius 3 is 2.96 bits per heavy atom. The lowest BCUT2D eigenvalue weighted by molar-refractivity contribution is -0.116. The third-order valence-corrected chi connectivity index (χ3v) is 3.53. The number of carbonyl (C=O) groups is 1. The van der Waals surface area contributed by atoms with Crippen molar-refractivity contribution in [2.45, 2.75) is 32.8 Å². The van der Waals surface area contributed by atoms with Gasteiger partial charge in [0.25, 0.3) is 0 Å². The maximum Gasteiger partial charge on any atom is 0.239 e. The molecule has 0 aliphatic carbocycles. The summed E-state index contributed by atoms with van der Waals surface area (Å²) in [5, 5.41) is 13.3. The second-order valence-electron chi connectivity index (χ2n) is 5.71. The normalized spacial score (nSPS) is 10.9. The van der Waals surface area contributed by atoms with E-state index in [1.165, 1.54) is 6.33 Å². The Morgan fingerprint density at radius 2 is 2.27 bits per heavy atom. The highest BCUT2D eigenvalue weighted by Gasteiger charge is 2.13. The molecule has 3 aromatic rings. The predicted molar refractivity (Wildman–Crippen MR) is 93.8 cm³/mol. The van der Waals surface area contributed by atoms with E-state index in [2.05, 4.69) is 30.6 Å². The van der Waals surface area contributed by atoms with Gasteiger partial charge in [-0.05, 0) is 32.0 Å². The summed E-state index contributed by atoms with van der Waals surface area (Å²) in [7, 11) is 0. The summed E-state index contributed by atoms with van der Waals surface area (Å²) in [6, 6.07) is 5.10. The molecule has 1 aromatic carbocycles. The van der Waals surface area contributed by atoms with Crippen LogP contribution in [0.25, 0.3) is 11.6 Å². The van der Waals surface area contributed by atoms with Gasteiger partial charge < -0.3 is 14.6 Å². The molecular weight excluding hydrogens is 360 g/mol. The number of ether oxygens (including phenoxy) is 1. The van der Waals surface area contributed by atoms with Gasteiger partial charge in [0.05, 0.1) is 11.1 Å². The number of carbonyl (C=O) groups excluding carboxylic acids is 1. The van der Waals surface area contributed by atoms with E-state index in [-0.39, 0.29) is 18.4 Å². The third-order valence-electron chi connectivity index (χ3n) is 3.24. The number of nitrogens with one attached hydrogen (secondary N) is 2. The molecule has 2 heterocycles. The molecule has 0 aliphatic heterocycles. The minimum Gasteiger partial charge on any atom is -0.489 e. The first-order valence-electron chi connectivity index (χ1n) is 7.95. The van der Waals surface area contributed by atoms with Crippen molar-refractivity contribution in [2.75, 3.05) is 5.32 Å². The molecule has 0 fully saturated rings. The topological polar surface area (TPSA) is 119 Å². The second kappa shape index (κ2) is 7.96. The number of aromatic nitrogens is 5. The highest BCUT2D eigenvalue weighted by molar-refractivity contribution is 6.32. The van der Waals surface area contributed by atoms with Crippen LogP contribution in [-0.2, 0) is 11.2 Å². The van der Waals surface area contributed by atoms with Crippen LogP contribution in [0.3, 0.4) is 0 Å². The highest BCUT2D eigenvalue weighted by atomic mass is 35.5. The monoisotopic (exact) mass is 376 g/mol. The summed E-state index contributed by atoms with van der Waals surface area (Å²) in [5.41, 5.74) is 0.587. The van der Waals surface area contributed by atoms with E-state index in [4.69, 9.17) is 20.9 Å². The molecule has 0 radical (unpaired) electrons. The number of aromatic amines is 1. The zero-order valence-electron chi connectivity index (χ0n) is 14.2. The van der Waals surface area contributed by atoms with Crippen LogP contribution >= 0.6 is 11.6 Å². The average molecular weight is 377 g/mol. The van der Waals surface area contributed by atoms with Crippen molar-refractivity contribution in [3.63, 3.8) is 0 Å². The fourth-order valence-electron chi connectivity index (χ4n) is 2.14. The van der Waals surface area contributed by atoms with E-state index in [1.807, 2.05) is 13.8 Å². The molecule has 0 unspecified atom stereocenters. The third kappa shape index (κ3) is 4.57. The maximum absolute atomic E-state index is 12.1. The summed E-state index contributed by atoms with van der Waals surface area (Å²) < 4.78 is 10.7. The van der Waals surface area contributed by atoms with Crippen LogP contribution in [0, 0.1) is 0 Å². The molecule has 0 saturated carbocycles. The maximum atomic E-state index is 12.1. The Kier molecular flexibility index (Phi) is 5.47. The first-order valence-corrected chi connectivity index (χ1v) is 8.33. The van der Waals surface area contributed by atoms with Gasteiger partial charge in [0.1, 0.15) is 12.1 Å². The van der Waals surface area contributed by atoms with Gasteiger partial charge in [0, 0.05) is 18.5 Å². The van der Waals surface area contributed by atoms with E-state index in [9.17, 15) is 4.79 Å². The van der Waals surface area contributed by atoms with Gasteiger partial charge in [-0.3, -0.25) is 9.89 Å². The van der Waals surface area contributed by atoms with Crippen LogP contribution in [-0.4, -0.2) is 37.3 Å². The molecule has 0 aliphatic rings. The van der Waals surface area contributed by atoms with Crippen molar-refractivity contribution < 1.29 is 14.1 Å². The van der Waals surface area contributed by atoms with Crippen LogP contribution < -0.4 is 10.1 Å². The number of benzene rings is 1. The summed E-state index contributed by atoms with van der Waals surface area (Å²) in [5.74, 6) is 1.42. The van der Waals surface area contributed by atoms with Crippen molar-refractivity contribution in [3.05, 3.63) is 35.4 Å². The largest absolute Gasteiger partial charge is 0.489 e. The number of H-pyrrole nitrogens is 1. The standard InChI is InChI=1S/C16H17ClN6O3/c1-9(2)25-12-4-3-10(7-11(12)17)20-13(24)5-6-14-21-16(23-26-14)15-18-8-19-22-15/h3-4,7-9H,5-6H2,1-2H3,(H,20,24)(H,18,19,22). The lowest BCUT2D eigenvalue weighted by Crippen LogP contribution is -2.12. The van der Waals surface area contributed by atoms with Gasteiger partial charge in [-0.15, -0.1) is 0 Å². The number of rotatable bonds is 7. The number of halogens is 1. The number of nitrogens with zero attached hydrogens (tertiary/aromatic N) is 4. The zero-order chi connectivity index (χ0) is 18.5. The number of aryl methyl sites for hydroxylation is 1. The molecule has 0 saturated heterocycles. The Hall–Kier alpha value is -2.94. The van der Waals surface area contributed by atoms with Crippen LogP contribution in [0.15, 0.2) is 29.0 Å². The lowest BCUT2D eigenvalue weighted by Gasteiger charge is -2.12. The summed E-state index contributed by atoms with van der Waals surface area (Å²) in [4.78, 5) is 20.2. The molecule has 136 valence electrons. The van der Waals surface area contributed by atoms with Crippen molar-refractivity contribution >= 4 is 23.2 Å². The second-order valence-corrected chi connectivity index (χ2v) is 6.11. The SMILES string of the molecule is CC(C)Oc1ccc(NC(=O)CCc2nc(-c3ncn[nH]3)no2)cc1Cl. The fraction of sp³-hybridized carbons (Fsp3) is 0.312. The van der Waals surface area contributed by atoms with Gasteiger partial charge in [0.2, 0.25) is 17.6 Å². The minimum absolute atomic E-state index is 0.0178. The van der Waals surface area contributed by atoms with Gasteiger partial charge in [0.15, 0.2) is 5.82 Å². The van der Waals surface area contributed by atoms with Crippen molar-refractivity contribution in [3.8, 4) is 17.4 Å². The van der Waals surface area contributed by atoms with Crippen LogP contribution in [0.1, 0.15) is 26.2 Å². The molecule has 2 N–H and O–H groups in total. The molecule has 1 amide bonds. The first-order chi connectivity index (χ1) is 12.5. The molecule has 0 bridgehead atoms.